The fourth-order valence-corrected chi connectivity index (χ4v) is 2.64. The van der Waals surface area contributed by atoms with Crippen molar-refractivity contribution in [1.82, 2.24) is 25.1 Å². The first-order valence-electron chi connectivity index (χ1n) is 6.92. The molecular weight excluding hydrogens is 270 g/mol. The van der Waals surface area contributed by atoms with Crippen LogP contribution in [0.5, 0.6) is 0 Å². The quantitative estimate of drug-likeness (QED) is 0.821. The summed E-state index contributed by atoms with van der Waals surface area (Å²) in [7, 11) is 0. The average Bonchev–Trinajstić information content (AvgIpc) is 2.99. The van der Waals surface area contributed by atoms with Gasteiger partial charge < -0.3 is 9.64 Å². The van der Waals surface area contributed by atoms with Crippen LogP contribution in [0.2, 0.25) is 0 Å². The maximum absolute atomic E-state index is 12.8. The van der Waals surface area contributed by atoms with Crippen LogP contribution in [0.15, 0.2) is 30.6 Å². The maximum atomic E-state index is 12.8. The molecule has 7 heteroatoms. The predicted octanol–water partition coefficient (Wildman–Crippen LogP) is 0.912. The number of ether oxygens (including phenoxy) is 1. The molecule has 1 aromatic heterocycles. The van der Waals surface area contributed by atoms with Gasteiger partial charge in [0.25, 0.3) is 5.91 Å². The second-order valence-electron chi connectivity index (χ2n) is 5.24. The molecule has 0 aliphatic carbocycles. The number of aromatic nitrogens is 4. The Morgan fingerprint density at radius 2 is 1.95 bits per heavy atom. The van der Waals surface area contributed by atoms with E-state index in [0.29, 0.717) is 24.3 Å². The topological polar surface area (TPSA) is 73.1 Å². The number of rotatable bonds is 2. The lowest BCUT2D eigenvalue weighted by Crippen LogP contribution is -2.48. The Morgan fingerprint density at radius 3 is 2.62 bits per heavy atom. The number of hydrogen-bond donors (Lipinski definition) is 0. The first-order chi connectivity index (χ1) is 10.1. The smallest absolute Gasteiger partial charge is 0.256 e. The summed E-state index contributed by atoms with van der Waals surface area (Å²) in [4.78, 5) is 14.6. The molecule has 0 bridgehead atoms. The third kappa shape index (κ3) is 2.78. The van der Waals surface area contributed by atoms with Gasteiger partial charge in [-0.05, 0) is 36.4 Å². The third-order valence-corrected chi connectivity index (χ3v) is 3.44. The highest BCUT2D eigenvalue weighted by Gasteiger charge is 2.28. The van der Waals surface area contributed by atoms with Crippen LogP contribution in [0.1, 0.15) is 24.2 Å². The Hall–Kier alpha value is -2.28. The Bertz CT molecular complexity index is 618. The zero-order chi connectivity index (χ0) is 14.8. The number of amides is 1. The molecule has 0 unspecified atom stereocenters. The van der Waals surface area contributed by atoms with Crippen molar-refractivity contribution < 1.29 is 9.53 Å². The minimum Gasteiger partial charge on any atom is -0.372 e. The summed E-state index contributed by atoms with van der Waals surface area (Å²) in [5.41, 5.74) is 1.27. The van der Waals surface area contributed by atoms with Crippen LogP contribution >= 0.6 is 0 Å². The minimum atomic E-state index is -0.0249. The van der Waals surface area contributed by atoms with Gasteiger partial charge in [0.05, 0.1) is 23.5 Å². The van der Waals surface area contributed by atoms with E-state index in [2.05, 4.69) is 15.5 Å². The van der Waals surface area contributed by atoms with Gasteiger partial charge in [-0.1, -0.05) is 12.1 Å². The highest BCUT2D eigenvalue weighted by molar-refractivity contribution is 5.97. The van der Waals surface area contributed by atoms with Crippen LogP contribution in [0.3, 0.4) is 0 Å². The van der Waals surface area contributed by atoms with Gasteiger partial charge in [0, 0.05) is 13.1 Å². The molecule has 3 rings (SSSR count). The van der Waals surface area contributed by atoms with Crippen molar-refractivity contribution in [3.8, 4) is 5.69 Å². The van der Waals surface area contributed by atoms with Gasteiger partial charge in [-0.25, -0.2) is 0 Å². The number of hydrogen-bond acceptors (Lipinski definition) is 5. The molecule has 1 saturated heterocycles. The van der Waals surface area contributed by atoms with E-state index in [1.165, 1.54) is 11.0 Å². The molecule has 1 aliphatic rings. The number of nitrogens with zero attached hydrogens (tertiary/aromatic N) is 5. The Labute approximate surface area is 122 Å². The summed E-state index contributed by atoms with van der Waals surface area (Å²) < 4.78 is 7.17. The predicted molar refractivity (Wildman–Crippen MR) is 75.1 cm³/mol. The van der Waals surface area contributed by atoms with Crippen molar-refractivity contribution in [2.24, 2.45) is 0 Å². The molecular formula is C14H17N5O2. The van der Waals surface area contributed by atoms with Crippen molar-refractivity contribution in [1.29, 1.82) is 0 Å². The summed E-state index contributed by atoms with van der Waals surface area (Å²) >= 11 is 0. The molecule has 21 heavy (non-hydrogen) atoms. The van der Waals surface area contributed by atoms with E-state index in [4.69, 9.17) is 4.74 Å². The SMILES string of the molecule is C[C@@H]1CN(C(=O)c2ccccc2-n2cnnn2)C[C@H](C)O1. The van der Waals surface area contributed by atoms with Gasteiger partial charge in [0.1, 0.15) is 6.33 Å². The van der Waals surface area contributed by atoms with E-state index in [1.54, 1.807) is 6.07 Å². The molecule has 1 amide bonds. The molecule has 2 aromatic rings. The Morgan fingerprint density at radius 1 is 1.24 bits per heavy atom. The summed E-state index contributed by atoms with van der Waals surface area (Å²) in [6, 6.07) is 7.33. The summed E-state index contributed by atoms with van der Waals surface area (Å²) in [5.74, 6) is -0.0249. The molecule has 2 atom stereocenters. The van der Waals surface area contributed by atoms with Gasteiger partial charge in [0.2, 0.25) is 0 Å². The molecule has 0 radical (unpaired) electrons. The number of benzene rings is 1. The Balaban J connectivity index is 1.92. The fourth-order valence-electron chi connectivity index (χ4n) is 2.64. The van der Waals surface area contributed by atoms with Crippen molar-refractivity contribution in [2.45, 2.75) is 26.1 Å². The van der Waals surface area contributed by atoms with Crippen molar-refractivity contribution >= 4 is 5.91 Å². The number of morpholine rings is 1. The van der Waals surface area contributed by atoms with E-state index >= 15 is 0 Å². The zero-order valence-electron chi connectivity index (χ0n) is 12.0. The lowest BCUT2D eigenvalue weighted by molar-refractivity contribution is -0.0586. The van der Waals surface area contributed by atoms with E-state index < -0.39 is 0 Å². The van der Waals surface area contributed by atoms with Crippen molar-refractivity contribution in [3.63, 3.8) is 0 Å². The number of carbonyl (C=O) groups is 1. The molecule has 1 fully saturated rings. The summed E-state index contributed by atoms with van der Waals surface area (Å²) in [6.07, 6.45) is 1.56. The Kier molecular flexibility index (Phi) is 3.66. The number of para-hydroxylation sites is 1. The molecule has 0 N–H and O–H groups in total. The van der Waals surface area contributed by atoms with Gasteiger partial charge in [-0.3, -0.25) is 4.79 Å². The van der Waals surface area contributed by atoms with Gasteiger partial charge >= 0.3 is 0 Å². The van der Waals surface area contributed by atoms with Crippen LogP contribution in [0, 0.1) is 0 Å². The molecule has 2 heterocycles. The van der Waals surface area contributed by atoms with Gasteiger partial charge in [-0.15, -0.1) is 5.10 Å². The molecule has 1 aliphatic heterocycles. The van der Waals surface area contributed by atoms with Crippen molar-refractivity contribution in [2.75, 3.05) is 13.1 Å². The molecule has 1 aromatic carbocycles. The summed E-state index contributed by atoms with van der Waals surface area (Å²) in [5, 5.41) is 11.1. The van der Waals surface area contributed by atoms with Crippen LogP contribution in [0.4, 0.5) is 0 Å². The minimum absolute atomic E-state index is 0.0249. The van der Waals surface area contributed by atoms with E-state index in [-0.39, 0.29) is 18.1 Å². The normalized spacial score (nSPS) is 22.3. The highest BCUT2D eigenvalue weighted by atomic mass is 16.5. The van der Waals surface area contributed by atoms with Crippen molar-refractivity contribution in [3.05, 3.63) is 36.2 Å². The maximum Gasteiger partial charge on any atom is 0.256 e. The van der Waals surface area contributed by atoms with Gasteiger partial charge in [-0.2, -0.15) is 4.68 Å². The van der Waals surface area contributed by atoms with Crippen LogP contribution in [-0.4, -0.2) is 56.3 Å². The molecule has 0 spiro atoms. The molecule has 7 nitrogen and oxygen atoms in total. The lowest BCUT2D eigenvalue weighted by atomic mass is 10.1. The van der Waals surface area contributed by atoms with Crippen LogP contribution in [-0.2, 0) is 4.74 Å². The number of tetrazole rings is 1. The monoisotopic (exact) mass is 287 g/mol. The molecule has 110 valence electrons. The van der Waals surface area contributed by atoms with E-state index in [0.717, 1.165) is 0 Å². The second kappa shape index (κ2) is 5.61. The first kappa shape index (κ1) is 13.7. The van der Waals surface area contributed by atoms with E-state index in [1.807, 2.05) is 36.9 Å². The van der Waals surface area contributed by atoms with Gasteiger partial charge in [0.15, 0.2) is 0 Å². The van der Waals surface area contributed by atoms with Crippen LogP contribution < -0.4 is 0 Å². The fraction of sp³-hybridized carbons (Fsp3) is 0.429. The average molecular weight is 287 g/mol. The third-order valence-electron chi connectivity index (χ3n) is 3.44. The largest absolute Gasteiger partial charge is 0.372 e. The zero-order valence-corrected chi connectivity index (χ0v) is 12.0. The second-order valence-corrected chi connectivity index (χ2v) is 5.24. The summed E-state index contributed by atoms with van der Waals surface area (Å²) in [6.45, 7) is 5.13. The standard InChI is InChI=1S/C14H17N5O2/c1-10-7-18(8-11(2)21-10)14(20)12-5-3-4-6-13(12)19-9-15-16-17-19/h3-6,9-11H,7-8H2,1-2H3/t10-,11+. The number of carbonyl (C=O) groups excluding carboxylic acids is 1. The van der Waals surface area contributed by atoms with Crippen LogP contribution in [0.25, 0.3) is 5.69 Å². The lowest BCUT2D eigenvalue weighted by Gasteiger charge is -2.35. The molecule has 0 saturated carbocycles. The van der Waals surface area contributed by atoms with E-state index in [9.17, 15) is 4.79 Å². The first-order valence-corrected chi connectivity index (χ1v) is 6.92. The highest BCUT2D eigenvalue weighted by Crippen LogP contribution is 2.18.